The Bertz CT molecular complexity index is 837. The highest BCUT2D eigenvalue weighted by molar-refractivity contribution is 6.34. The molecule has 0 spiro atoms. The van der Waals surface area contributed by atoms with Crippen molar-refractivity contribution in [2.75, 3.05) is 44.7 Å². The number of benzene rings is 2. The van der Waals surface area contributed by atoms with Crippen LogP contribution in [0.15, 0.2) is 48.5 Å². The van der Waals surface area contributed by atoms with Crippen LogP contribution >= 0.6 is 11.6 Å². The quantitative estimate of drug-likeness (QED) is 0.829. The summed E-state index contributed by atoms with van der Waals surface area (Å²) < 4.78 is 5.89. The van der Waals surface area contributed by atoms with E-state index in [1.54, 1.807) is 0 Å². The van der Waals surface area contributed by atoms with Crippen molar-refractivity contribution in [1.82, 2.24) is 10.2 Å². The van der Waals surface area contributed by atoms with Gasteiger partial charge in [-0.05, 0) is 43.7 Å². The first kappa shape index (κ1) is 20.2. The SMILES string of the molecule is CNC1CCN(c2ccc(C(=O)N3CCOC(c4ccccc4)C3)c(Cl)c2)CC1. The lowest BCUT2D eigenvalue weighted by molar-refractivity contribution is -0.0228. The summed E-state index contributed by atoms with van der Waals surface area (Å²) in [6.45, 7) is 3.65. The van der Waals surface area contributed by atoms with Gasteiger partial charge < -0.3 is 19.9 Å². The summed E-state index contributed by atoms with van der Waals surface area (Å²) in [4.78, 5) is 17.3. The van der Waals surface area contributed by atoms with Crippen LogP contribution in [-0.2, 0) is 4.74 Å². The minimum absolute atomic E-state index is 0.0281. The summed E-state index contributed by atoms with van der Waals surface area (Å²) in [5, 5.41) is 3.87. The smallest absolute Gasteiger partial charge is 0.255 e. The highest BCUT2D eigenvalue weighted by Gasteiger charge is 2.27. The third-order valence-electron chi connectivity index (χ3n) is 5.98. The first-order valence-electron chi connectivity index (χ1n) is 10.3. The van der Waals surface area contributed by atoms with Crippen LogP contribution in [0.1, 0.15) is 34.9 Å². The molecule has 29 heavy (non-hydrogen) atoms. The van der Waals surface area contributed by atoms with E-state index in [9.17, 15) is 4.79 Å². The largest absolute Gasteiger partial charge is 0.371 e. The van der Waals surface area contributed by atoms with Crippen LogP contribution in [0.2, 0.25) is 5.02 Å². The number of nitrogens with one attached hydrogen (secondary N) is 1. The fourth-order valence-corrected chi connectivity index (χ4v) is 4.43. The zero-order chi connectivity index (χ0) is 20.2. The Labute approximate surface area is 177 Å². The molecule has 0 aromatic heterocycles. The van der Waals surface area contributed by atoms with Crippen molar-refractivity contribution >= 4 is 23.2 Å². The van der Waals surface area contributed by atoms with Crippen molar-refractivity contribution < 1.29 is 9.53 Å². The van der Waals surface area contributed by atoms with E-state index in [0.29, 0.717) is 36.3 Å². The molecule has 2 aromatic rings. The molecule has 2 saturated heterocycles. The molecule has 4 rings (SSSR count). The molecule has 2 aromatic carbocycles. The van der Waals surface area contributed by atoms with Crippen LogP contribution in [-0.4, -0.2) is 56.7 Å². The van der Waals surface area contributed by atoms with Crippen LogP contribution in [0, 0.1) is 0 Å². The number of anilines is 1. The lowest BCUT2D eigenvalue weighted by atomic mass is 10.0. The number of ether oxygens (including phenoxy) is 1. The number of halogens is 1. The molecule has 0 aliphatic carbocycles. The van der Waals surface area contributed by atoms with Crippen LogP contribution in [0.4, 0.5) is 5.69 Å². The van der Waals surface area contributed by atoms with Gasteiger partial charge in [0.1, 0.15) is 6.10 Å². The van der Waals surface area contributed by atoms with Crippen molar-refractivity contribution in [3.8, 4) is 0 Å². The van der Waals surface area contributed by atoms with E-state index in [1.165, 1.54) is 0 Å². The predicted octanol–water partition coefficient (Wildman–Crippen LogP) is 3.74. The Morgan fingerprint density at radius 3 is 2.55 bits per heavy atom. The van der Waals surface area contributed by atoms with Gasteiger partial charge in [-0.15, -0.1) is 0 Å². The Balaban J connectivity index is 1.44. The molecule has 2 fully saturated rings. The Morgan fingerprint density at radius 2 is 1.86 bits per heavy atom. The Morgan fingerprint density at radius 1 is 1.10 bits per heavy atom. The molecule has 2 heterocycles. The number of carbonyl (C=O) groups is 1. The van der Waals surface area contributed by atoms with Gasteiger partial charge >= 0.3 is 0 Å². The van der Waals surface area contributed by atoms with E-state index in [4.69, 9.17) is 16.3 Å². The van der Waals surface area contributed by atoms with E-state index in [-0.39, 0.29) is 12.0 Å². The van der Waals surface area contributed by atoms with Crippen molar-refractivity contribution in [2.45, 2.75) is 25.0 Å². The minimum atomic E-state index is -0.0968. The van der Waals surface area contributed by atoms with E-state index >= 15 is 0 Å². The number of hydrogen-bond donors (Lipinski definition) is 1. The van der Waals surface area contributed by atoms with Gasteiger partial charge in [-0.3, -0.25) is 4.79 Å². The summed E-state index contributed by atoms with van der Waals surface area (Å²) in [6, 6.07) is 16.5. The summed E-state index contributed by atoms with van der Waals surface area (Å²) in [7, 11) is 2.02. The lowest BCUT2D eigenvalue weighted by Crippen LogP contribution is -2.42. The van der Waals surface area contributed by atoms with Gasteiger partial charge in [0.2, 0.25) is 0 Å². The number of rotatable bonds is 4. The second-order valence-electron chi connectivity index (χ2n) is 7.74. The number of amides is 1. The average Bonchev–Trinajstić information content (AvgIpc) is 2.79. The second kappa shape index (κ2) is 9.16. The third-order valence-corrected chi connectivity index (χ3v) is 6.29. The molecule has 2 aliphatic rings. The number of piperidine rings is 1. The highest BCUT2D eigenvalue weighted by Crippen LogP contribution is 2.29. The van der Waals surface area contributed by atoms with E-state index in [2.05, 4.69) is 10.2 Å². The maximum Gasteiger partial charge on any atom is 0.255 e. The van der Waals surface area contributed by atoms with Crippen LogP contribution < -0.4 is 10.2 Å². The standard InChI is InChI=1S/C23H28ClN3O2/c1-25-18-9-11-26(12-10-18)19-7-8-20(21(24)15-19)23(28)27-13-14-29-22(16-27)17-5-3-2-4-6-17/h2-8,15,18,22,25H,9-14,16H2,1H3. The van der Waals surface area contributed by atoms with Crippen molar-refractivity contribution in [3.63, 3.8) is 0 Å². The Kier molecular flexibility index (Phi) is 6.38. The van der Waals surface area contributed by atoms with Crippen LogP contribution in [0.25, 0.3) is 0 Å². The summed E-state index contributed by atoms with van der Waals surface area (Å²) >= 11 is 6.55. The van der Waals surface area contributed by atoms with Gasteiger partial charge in [0.15, 0.2) is 0 Å². The average molecular weight is 414 g/mol. The highest BCUT2D eigenvalue weighted by atomic mass is 35.5. The molecule has 1 atom stereocenters. The maximum atomic E-state index is 13.1. The molecule has 2 aliphatic heterocycles. The summed E-state index contributed by atoms with van der Waals surface area (Å²) in [5.74, 6) is -0.0281. The number of carbonyl (C=O) groups excluding carboxylic acids is 1. The van der Waals surface area contributed by atoms with E-state index in [1.807, 2.05) is 60.5 Å². The van der Waals surface area contributed by atoms with Crippen molar-refractivity contribution in [3.05, 3.63) is 64.7 Å². The first-order chi connectivity index (χ1) is 14.2. The molecule has 5 nitrogen and oxygen atoms in total. The molecule has 1 unspecified atom stereocenters. The molecule has 0 radical (unpaired) electrons. The van der Waals surface area contributed by atoms with E-state index in [0.717, 1.165) is 37.2 Å². The van der Waals surface area contributed by atoms with Gasteiger partial charge in [-0.25, -0.2) is 0 Å². The fourth-order valence-electron chi connectivity index (χ4n) is 4.17. The third kappa shape index (κ3) is 4.58. The Hall–Kier alpha value is -2.08. The predicted molar refractivity (Wildman–Crippen MR) is 117 cm³/mol. The monoisotopic (exact) mass is 413 g/mol. The minimum Gasteiger partial charge on any atom is -0.371 e. The van der Waals surface area contributed by atoms with Gasteiger partial charge in [0.05, 0.1) is 23.7 Å². The lowest BCUT2D eigenvalue weighted by Gasteiger charge is -2.34. The number of nitrogens with zero attached hydrogens (tertiary/aromatic N) is 2. The van der Waals surface area contributed by atoms with Gasteiger partial charge in [-0.1, -0.05) is 41.9 Å². The summed E-state index contributed by atoms with van der Waals surface area (Å²) in [6.07, 6.45) is 2.13. The molecule has 1 N–H and O–H groups in total. The van der Waals surface area contributed by atoms with E-state index < -0.39 is 0 Å². The normalized spacial score (nSPS) is 20.7. The maximum absolute atomic E-state index is 13.1. The zero-order valence-corrected chi connectivity index (χ0v) is 17.6. The molecular formula is C23H28ClN3O2. The second-order valence-corrected chi connectivity index (χ2v) is 8.14. The first-order valence-corrected chi connectivity index (χ1v) is 10.7. The van der Waals surface area contributed by atoms with Gasteiger partial charge in [-0.2, -0.15) is 0 Å². The zero-order valence-electron chi connectivity index (χ0n) is 16.8. The van der Waals surface area contributed by atoms with Crippen molar-refractivity contribution in [1.29, 1.82) is 0 Å². The molecule has 0 saturated carbocycles. The van der Waals surface area contributed by atoms with Gasteiger partial charge in [0, 0.05) is 31.4 Å². The molecule has 154 valence electrons. The molecule has 1 amide bonds. The van der Waals surface area contributed by atoms with Crippen LogP contribution in [0.3, 0.4) is 0 Å². The number of morpholine rings is 1. The van der Waals surface area contributed by atoms with Crippen LogP contribution in [0.5, 0.6) is 0 Å². The summed E-state index contributed by atoms with van der Waals surface area (Å²) in [5.41, 5.74) is 2.75. The fraction of sp³-hybridized carbons (Fsp3) is 0.435. The van der Waals surface area contributed by atoms with Gasteiger partial charge in [0.25, 0.3) is 5.91 Å². The van der Waals surface area contributed by atoms with Crippen molar-refractivity contribution in [2.24, 2.45) is 0 Å². The molecule has 0 bridgehead atoms. The molecule has 6 heteroatoms. The molecular weight excluding hydrogens is 386 g/mol. The topological polar surface area (TPSA) is 44.8 Å². The number of hydrogen-bond acceptors (Lipinski definition) is 4.